The maximum atomic E-state index is 11.9. The summed E-state index contributed by atoms with van der Waals surface area (Å²) in [6, 6.07) is 12.4. The van der Waals surface area contributed by atoms with E-state index in [2.05, 4.69) is 4.98 Å². The molecule has 0 atom stereocenters. The molecule has 2 N–H and O–H groups in total. The second-order valence-electron chi connectivity index (χ2n) is 3.25. The first kappa shape index (κ1) is 10.3. The number of anilines is 1. The number of benzene rings is 1. The first-order valence-electron chi connectivity index (χ1n) is 4.83. The lowest BCUT2D eigenvalue weighted by molar-refractivity contribution is 0.0986. The number of rotatable bonds is 2. The number of nitrogens with two attached hydrogens (primary N) is 1. The van der Waals surface area contributed by atoms with Gasteiger partial charge in [0.15, 0.2) is 0 Å². The molecule has 0 aliphatic rings. The molecule has 16 heavy (non-hydrogen) atoms. The van der Waals surface area contributed by atoms with E-state index in [0.29, 0.717) is 11.3 Å². The number of nitrogens with zero attached hydrogens (tertiary/aromatic N) is 2. The molecular weight excluding hydrogens is 202 g/mol. The van der Waals surface area contributed by atoms with E-state index in [1.165, 1.54) is 6.20 Å². The number of aromatic nitrogens is 1. The van der Waals surface area contributed by atoms with Gasteiger partial charge in [0.1, 0.15) is 0 Å². The molecule has 4 heteroatoms. The van der Waals surface area contributed by atoms with Gasteiger partial charge in [0.2, 0.25) is 0 Å². The number of amides is 1. The molecule has 0 spiro atoms. The Balaban J connectivity index is 2.24. The van der Waals surface area contributed by atoms with Crippen LogP contribution in [0.3, 0.4) is 0 Å². The Hall–Kier alpha value is -2.20. The molecule has 4 nitrogen and oxygen atoms in total. The normalized spacial score (nSPS) is 9.81. The van der Waals surface area contributed by atoms with Gasteiger partial charge < -0.3 is 0 Å². The predicted octanol–water partition coefficient (Wildman–Crippen LogP) is 1.60. The summed E-state index contributed by atoms with van der Waals surface area (Å²) >= 11 is 0. The zero-order valence-electron chi connectivity index (χ0n) is 8.58. The van der Waals surface area contributed by atoms with Crippen molar-refractivity contribution in [1.82, 2.24) is 4.98 Å². The number of hydrazine groups is 1. The summed E-state index contributed by atoms with van der Waals surface area (Å²) in [5, 5.41) is 1.11. The number of hydrogen-bond acceptors (Lipinski definition) is 3. The Labute approximate surface area is 93.3 Å². The zero-order valence-corrected chi connectivity index (χ0v) is 8.58. The van der Waals surface area contributed by atoms with Crippen molar-refractivity contribution in [3.63, 3.8) is 0 Å². The van der Waals surface area contributed by atoms with Gasteiger partial charge in [-0.15, -0.1) is 0 Å². The minimum atomic E-state index is -0.278. The monoisotopic (exact) mass is 213 g/mol. The highest BCUT2D eigenvalue weighted by Gasteiger charge is 2.13. The van der Waals surface area contributed by atoms with Gasteiger partial charge in [-0.2, -0.15) is 0 Å². The van der Waals surface area contributed by atoms with E-state index in [1.54, 1.807) is 30.5 Å². The Morgan fingerprint density at radius 3 is 2.50 bits per heavy atom. The molecule has 2 rings (SSSR count). The number of carbonyl (C=O) groups excluding carboxylic acids is 1. The van der Waals surface area contributed by atoms with Crippen molar-refractivity contribution in [2.45, 2.75) is 0 Å². The SMILES string of the molecule is NN(C(=O)c1cccnc1)c1ccccc1. The lowest BCUT2D eigenvalue weighted by Gasteiger charge is -2.16. The molecule has 1 aromatic heterocycles. The van der Waals surface area contributed by atoms with Gasteiger partial charge in [0, 0.05) is 12.4 Å². The minimum absolute atomic E-state index is 0.278. The second-order valence-corrected chi connectivity index (χ2v) is 3.25. The first-order chi connectivity index (χ1) is 7.79. The molecule has 1 heterocycles. The van der Waals surface area contributed by atoms with Crippen LogP contribution in [0.2, 0.25) is 0 Å². The Morgan fingerprint density at radius 1 is 1.12 bits per heavy atom. The Morgan fingerprint density at radius 2 is 1.88 bits per heavy atom. The fourth-order valence-electron chi connectivity index (χ4n) is 1.33. The van der Waals surface area contributed by atoms with Crippen LogP contribution in [0.5, 0.6) is 0 Å². The van der Waals surface area contributed by atoms with Gasteiger partial charge in [0.05, 0.1) is 11.3 Å². The summed E-state index contributed by atoms with van der Waals surface area (Å²) in [6.07, 6.45) is 3.10. The molecule has 0 radical (unpaired) electrons. The lowest BCUT2D eigenvalue weighted by Crippen LogP contribution is -2.37. The van der Waals surface area contributed by atoms with E-state index in [0.717, 1.165) is 5.01 Å². The Kier molecular flexibility index (Phi) is 2.93. The van der Waals surface area contributed by atoms with E-state index < -0.39 is 0 Å². The summed E-state index contributed by atoms with van der Waals surface area (Å²) in [4.78, 5) is 15.8. The van der Waals surface area contributed by atoms with Crippen molar-refractivity contribution in [2.24, 2.45) is 5.84 Å². The van der Waals surface area contributed by atoms with E-state index in [4.69, 9.17) is 5.84 Å². The zero-order chi connectivity index (χ0) is 11.4. The van der Waals surface area contributed by atoms with E-state index in [1.807, 2.05) is 18.2 Å². The highest BCUT2D eigenvalue weighted by Crippen LogP contribution is 2.12. The third-order valence-corrected chi connectivity index (χ3v) is 2.16. The molecule has 1 aromatic carbocycles. The summed E-state index contributed by atoms with van der Waals surface area (Å²) < 4.78 is 0. The highest BCUT2D eigenvalue weighted by molar-refractivity contribution is 6.04. The number of para-hydroxylation sites is 1. The molecule has 0 fully saturated rings. The van der Waals surface area contributed by atoms with Crippen molar-refractivity contribution < 1.29 is 4.79 Å². The van der Waals surface area contributed by atoms with Crippen LogP contribution in [0.15, 0.2) is 54.9 Å². The smallest absolute Gasteiger partial charge is 0.267 e. The van der Waals surface area contributed by atoms with Crippen LogP contribution in [0.25, 0.3) is 0 Å². The Bertz CT molecular complexity index is 470. The van der Waals surface area contributed by atoms with E-state index in [9.17, 15) is 4.79 Å². The average molecular weight is 213 g/mol. The van der Waals surface area contributed by atoms with Crippen LogP contribution in [-0.4, -0.2) is 10.9 Å². The van der Waals surface area contributed by atoms with Crippen LogP contribution < -0.4 is 10.9 Å². The van der Waals surface area contributed by atoms with Crippen LogP contribution >= 0.6 is 0 Å². The van der Waals surface area contributed by atoms with Gasteiger partial charge in [-0.3, -0.25) is 9.78 Å². The van der Waals surface area contributed by atoms with Gasteiger partial charge in [-0.05, 0) is 24.3 Å². The minimum Gasteiger partial charge on any atom is -0.267 e. The summed E-state index contributed by atoms with van der Waals surface area (Å²) in [5.74, 6) is 5.45. The molecule has 2 aromatic rings. The summed E-state index contributed by atoms with van der Waals surface area (Å²) in [7, 11) is 0. The molecule has 80 valence electrons. The number of pyridine rings is 1. The van der Waals surface area contributed by atoms with Gasteiger partial charge in [-0.1, -0.05) is 18.2 Å². The van der Waals surface area contributed by atoms with Crippen molar-refractivity contribution >= 4 is 11.6 Å². The highest BCUT2D eigenvalue weighted by atomic mass is 16.2. The number of carbonyl (C=O) groups is 1. The molecule has 1 amide bonds. The van der Waals surface area contributed by atoms with Crippen molar-refractivity contribution in [3.05, 3.63) is 60.4 Å². The average Bonchev–Trinajstić information content (AvgIpc) is 2.39. The second kappa shape index (κ2) is 4.55. The van der Waals surface area contributed by atoms with Crippen LogP contribution in [0.1, 0.15) is 10.4 Å². The van der Waals surface area contributed by atoms with E-state index >= 15 is 0 Å². The quantitative estimate of drug-likeness (QED) is 0.468. The third-order valence-electron chi connectivity index (χ3n) is 2.16. The van der Waals surface area contributed by atoms with Gasteiger partial charge in [-0.25, -0.2) is 10.9 Å². The van der Waals surface area contributed by atoms with Crippen LogP contribution in [-0.2, 0) is 0 Å². The largest absolute Gasteiger partial charge is 0.274 e. The summed E-state index contributed by atoms with van der Waals surface area (Å²) in [6.45, 7) is 0. The molecular formula is C12H11N3O. The van der Waals surface area contributed by atoms with E-state index in [-0.39, 0.29) is 5.91 Å². The van der Waals surface area contributed by atoms with Crippen molar-refractivity contribution in [3.8, 4) is 0 Å². The summed E-state index contributed by atoms with van der Waals surface area (Å²) in [5.41, 5.74) is 1.12. The molecule has 0 saturated heterocycles. The van der Waals surface area contributed by atoms with Gasteiger partial charge >= 0.3 is 0 Å². The number of hydrogen-bond donors (Lipinski definition) is 1. The van der Waals surface area contributed by atoms with Gasteiger partial charge in [0.25, 0.3) is 5.91 Å². The first-order valence-corrected chi connectivity index (χ1v) is 4.83. The molecule has 0 aliphatic heterocycles. The van der Waals surface area contributed by atoms with Crippen LogP contribution in [0.4, 0.5) is 5.69 Å². The lowest BCUT2D eigenvalue weighted by atomic mass is 10.2. The molecule has 0 aliphatic carbocycles. The van der Waals surface area contributed by atoms with Crippen molar-refractivity contribution in [2.75, 3.05) is 5.01 Å². The molecule has 0 bridgehead atoms. The molecule has 0 unspecified atom stereocenters. The van der Waals surface area contributed by atoms with Crippen LogP contribution in [0, 0.1) is 0 Å². The topological polar surface area (TPSA) is 59.2 Å². The fourth-order valence-corrected chi connectivity index (χ4v) is 1.33. The predicted molar refractivity (Wildman–Crippen MR) is 61.7 cm³/mol. The fraction of sp³-hybridized carbons (Fsp3) is 0. The molecule has 0 saturated carbocycles. The van der Waals surface area contributed by atoms with Crippen molar-refractivity contribution in [1.29, 1.82) is 0 Å². The standard InChI is InChI=1S/C12H11N3O/c13-15(11-6-2-1-3-7-11)12(16)10-5-4-8-14-9-10/h1-9H,13H2. The third kappa shape index (κ3) is 2.07. The maximum absolute atomic E-state index is 11.9. The maximum Gasteiger partial charge on any atom is 0.274 e.